The lowest BCUT2D eigenvalue weighted by atomic mass is 9.97. The van der Waals surface area contributed by atoms with E-state index in [4.69, 9.17) is 0 Å². The Hall–Kier alpha value is -2.01. The van der Waals surface area contributed by atoms with Crippen molar-refractivity contribution in [2.75, 3.05) is 17.5 Å². The maximum Gasteiger partial charge on any atom is 0.516 e. The van der Waals surface area contributed by atoms with E-state index in [0.29, 0.717) is 0 Å². The number of fused-ring (bicyclic) bond motifs is 1. The maximum absolute atomic E-state index is 12.8. The van der Waals surface area contributed by atoms with Gasteiger partial charge in [-0.25, -0.2) is 4.79 Å². The lowest BCUT2D eigenvalue weighted by Gasteiger charge is -2.22. The van der Waals surface area contributed by atoms with Crippen LogP contribution in [0.3, 0.4) is 0 Å². The predicted molar refractivity (Wildman–Crippen MR) is 80.5 cm³/mol. The number of nitrogens with zero attached hydrogens (tertiary/aromatic N) is 1. The van der Waals surface area contributed by atoms with Gasteiger partial charge in [0.1, 0.15) is 5.75 Å². The smallest absolute Gasteiger partial charge is 0.507 e. The predicted octanol–water partition coefficient (Wildman–Crippen LogP) is 1.51. The van der Waals surface area contributed by atoms with Crippen molar-refractivity contribution in [1.29, 1.82) is 0 Å². The van der Waals surface area contributed by atoms with Gasteiger partial charge < -0.3 is 14.9 Å². The van der Waals surface area contributed by atoms with E-state index in [-0.39, 0.29) is 39.7 Å². The number of aryl methyl sites for hydroxylation is 1. The summed E-state index contributed by atoms with van der Waals surface area (Å²) in [6.07, 6.45) is -2.03. The van der Waals surface area contributed by atoms with Gasteiger partial charge in [-0.05, 0) is 31.9 Å². The molecule has 1 aliphatic heterocycles. The zero-order valence-corrected chi connectivity index (χ0v) is 14.1. The van der Waals surface area contributed by atoms with Crippen molar-refractivity contribution in [3.63, 3.8) is 0 Å². The van der Waals surface area contributed by atoms with Crippen LogP contribution in [0.25, 0.3) is 0 Å². The number of phenolic OH excluding ortho intramolecular Hbond substituents is 1. The molecule has 11 heteroatoms. The number of carbonyl (C=O) groups is 1. The lowest BCUT2D eigenvalue weighted by molar-refractivity contribution is -0.153. The number of hydrogen-bond acceptors (Lipinski definition) is 6. The maximum atomic E-state index is 12.8. The molecule has 2 rings (SSSR count). The van der Waals surface area contributed by atoms with Gasteiger partial charge in [-0.1, -0.05) is 0 Å². The number of carbonyl (C=O) groups excluding carboxylic acids is 1. The normalized spacial score (nSPS) is 15.8. The van der Waals surface area contributed by atoms with E-state index in [2.05, 4.69) is 4.74 Å². The first-order chi connectivity index (χ1) is 11.4. The molecule has 140 valence electrons. The Bertz CT molecular complexity index is 806. The summed E-state index contributed by atoms with van der Waals surface area (Å²) in [4.78, 5) is 11.7. The fourth-order valence-corrected chi connectivity index (χ4v) is 3.71. The molecule has 2 N–H and O–H groups in total. The van der Waals surface area contributed by atoms with Crippen LogP contribution in [-0.4, -0.2) is 43.3 Å². The fourth-order valence-electron chi connectivity index (χ4n) is 2.70. The summed E-state index contributed by atoms with van der Waals surface area (Å²) in [6.45, 7) is 2.32. The van der Waals surface area contributed by atoms with E-state index in [1.165, 1.54) is 13.8 Å². The van der Waals surface area contributed by atoms with Crippen LogP contribution in [0.15, 0.2) is 6.07 Å². The van der Waals surface area contributed by atoms with Crippen LogP contribution >= 0.6 is 0 Å². The number of esters is 1. The summed E-state index contributed by atoms with van der Waals surface area (Å²) in [5.74, 6) is -1.64. The van der Waals surface area contributed by atoms with Crippen molar-refractivity contribution in [3.8, 4) is 5.75 Å². The lowest BCUT2D eigenvalue weighted by Crippen LogP contribution is -2.39. The molecule has 0 fully saturated rings. The van der Waals surface area contributed by atoms with E-state index >= 15 is 0 Å². The third kappa shape index (κ3) is 3.13. The molecular formula is C14H16F3NO6S. The third-order valence-corrected chi connectivity index (χ3v) is 5.37. The van der Waals surface area contributed by atoms with E-state index < -0.39 is 39.9 Å². The Kier molecular flexibility index (Phi) is 4.92. The van der Waals surface area contributed by atoms with Crippen molar-refractivity contribution in [1.82, 2.24) is 0 Å². The quantitative estimate of drug-likeness (QED) is 0.764. The Labute approximate surface area is 141 Å². The second-order valence-corrected chi connectivity index (χ2v) is 7.23. The first-order valence-corrected chi connectivity index (χ1v) is 8.66. The van der Waals surface area contributed by atoms with Gasteiger partial charge >= 0.3 is 21.5 Å². The number of alkyl halides is 3. The molecule has 1 heterocycles. The number of halogens is 3. The molecule has 1 aromatic rings. The highest BCUT2D eigenvalue weighted by Gasteiger charge is 2.52. The molecule has 1 aliphatic rings. The minimum Gasteiger partial charge on any atom is -0.507 e. The van der Waals surface area contributed by atoms with Crippen molar-refractivity contribution in [2.45, 2.75) is 31.9 Å². The fraction of sp³-hybridized carbons (Fsp3) is 0.500. The second kappa shape index (κ2) is 6.37. The Morgan fingerprint density at radius 2 is 2.04 bits per heavy atom. The highest BCUT2D eigenvalue weighted by atomic mass is 32.2. The van der Waals surface area contributed by atoms with Crippen molar-refractivity contribution >= 4 is 21.7 Å². The van der Waals surface area contributed by atoms with Gasteiger partial charge in [0.05, 0.1) is 12.3 Å². The number of ether oxygens (including phenoxy) is 1. The number of sulfonamides is 1. The van der Waals surface area contributed by atoms with Gasteiger partial charge in [0.15, 0.2) is 6.10 Å². The highest BCUT2D eigenvalue weighted by Crippen LogP contribution is 2.44. The van der Waals surface area contributed by atoms with Crippen molar-refractivity contribution in [3.05, 3.63) is 22.8 Å². The zero-order valence-electron chi connectivity index (χ0n) is 13.3. The van der Waals surface area contributed by atoms with E-state index in [9.17, 15) is 36.6 Å². The number of aromatic hydroxyl groups is 1. The van der Waals surface area contributed by atoms with E-state index in [0.717, 1.165) is 6.07 Å². The molecule has 0 radical (unpaired) electrons. The first-order valence-electron chi connectivity index (χ1n) is 7.22. The van der Waals surface area contributed by atoms with E-state index in [1.807, 2.05) is 0 Å². The van der Waals surface area contributed by atoms with Crippen molar-refractivity contribution < 1.29 is 41.3 Å². The minimum atomic E-state index is -5.61. The number of anilines is 1. The summed E-state index contributed by atoms with van der Waals surface area (Å²) in [5.41, 5.74) is -6.06. The number of benzene rings is 1. The Balaban J connectivity index is 2.54. The zero-order chi connectivity index (χ0) is 19.2. The molecule has 7 nitrogen and oxygen atoms in total. The van der Waals surface area contributed by atoms with Crippen molar-refractivity contribution in [2.24, 2.45) is 0 Å². The summed E-state index contributed by atoms with van der Waals surface area (Å²) in [5, 5.41) is 20.3. The standard InChI is InChI=1S/C14H16F3NO6S/c1-3-24-13(21)12(20)10-7(2)6-9-8(11(10)19)4-5-18(9)25(22,23)14(15,16)17/h6,12,19-20H,3-5H2,1-2H3. The van der Waals surface area contributed by atoms with Crippen LogP contribution in [0, 0.1) is 6.92 Å². The number of aliphatic hydroxyl groups excluding tert-OH is 1. The summed E-state index contributed by atoms with van der Waals surface area (Å²) in [7, 11) is -5.61. The molecule has 0 aromatic heterocycles. The SMILES string of the molecule is CCOC(=O)C(O)c1c(C)cc2c(c1O)CCN2S(=O)(=O)C(F)(F)F. The molecule has 1 atom stereocenters. The number of phenols is 1. The summed E-state index contributed by atoms with van der Waals surface area (Å²) < 4.78 is 66.5. The molecular weight excluding hydrogens is 367 g/mol. The number of aliphatic hydroxyl groups is 1. The number of rotatable bonds is 4. The molecule has 0 saturated carbocycles. The topological polar surface area (TPSA) is 104 Å². The molecule has 0 spiro atoms. The minimum absolute atomic E-state index is 0.0156. The molecule has 1 aromatic carbocycles. The van der Waals surface area contributed by atoms with Gasteiger partial charge in [-0.3, -0.25) is 4.31 Å². The van der Waals surface area contributed by atoms with Crippen LogP contribution in [0.5, 0.6) is 5.75 Å². The van der Waals surface area contributed by atoms with Gasteiger partial charge in [0, 0.05) is 17.7 Å². The summed E-state index contributed by atoms with van der Waals surface area (Å²) >= 11 is 0. The van der Waals surface area contributed by atoms with Crippen LogP contribution in [0.2, 0.25) is 0 Å². The molecule has 0 aliphatic carbocycles. The van der Waals surface area contributed by atoms with Gasteiger partial charge in [-0.15, -0.1) is 0 Å². The van der Waals surface area contributed by atoms with Crippen LogP contribution in [-0.2, 0) is 26.0 Å². The highest BCUT2D eigenvalue weighted by molar-refractivity contribution is 7.93. The van der Waals surface area contributed by atoms with E-state index in [1.54, 1.807) is 0 Å². The molecule has 25 heavy (non-hydrogen) atoms. The van der Waals surface area contributed by atoms with Crippen LogP contribution in [0.4, 0.5) is 18.9 Å². The molecule has 0 bridgehead atoms. The van der Waals surface area contributed by atoms with Crippen LogP contribution < -0.4 is 4.31 Å². The average molecular weight is 383 g/mol. The monoisotopic (exact) mass is 383 g/mol. The second-order valence-electron chi connectivity index (χ2n) is 5.38. The molecule has 1 unspecified atom stereocenters. The number of hydrogen-bond donors (Lipinski definition) is 2. The first kappa shape index (κ1) is 19.3. The average Bonchev–Trinajstić information content (AvgIpc) is 2.90. The third-order valence-electron chi connectivity index (χ3n) is 3.83. The molecule has 0 amide bonds. The Morgan fingerprint density at radius 1 is 1.44 bits per heavy atom. The summed E-state index contributed by atoms with van der Waals surface area (Å²) in [6, 6.07) is 1.09. The molecule has 0 saturated heterocycles. The largest absolute Gasteiger partial charge is 0.516 e. The van der Waals surface area contributed by atoms with Gasteiger partial charge in [-0.2, -0.15) is 21.6 Å². The van der Waals surface area contributed by atoms with Gasteiger partial charge in [0.25, 0.3) is 0 Å². The van der Waals surface area contributed by atoms with Gasteiger partial charge in [0.2, 0.25) is 0 Å². The van der Waals surface area contributed by atoms with Crippen LogP contribution in [0.1, 0.15) is 29.7 Å². The Morgan fingerprint density at radius 3 is 2.56 bits per heavy atom.